The number of ether oxygens (including phenoxy) is 1. The summed E-state index contributed by atoms with van der Waals surface area (Å²) >= 11 is 6.12. The first-order valence-corrected chi connectivity index (χ1v) is 9.95. The van der Waals surface area contributed by atoms with Gasteiger partial charge in [0.1, 0.15) is 12.4 Å². The maximum absolute atomic E-state index is 12.1. The number of hydrogen-bond acceptors (Lipinski definition) is 3. The van der Waals surface area contributed by atoms with E-state index in [9.17, 15) is 9.59 Å². The largest absolute Gasteiger partial charge is 0.489 e. The molecule has 2 aromatic carbocycles. The molecule has 2 amide bonds. The summed E-state index contributed by atoms with van der Waals surface area (Å²) in [6, 6.07) is 14.7. The molecule has 2 aromatic rings. The number of amides is 2. The number of anilines is 1. The van der Waals surface area contributed by atoms with Gasteiger partial charge in [-0.05, 0) is 50.6 Å². The van der Waals surface area contributed by atoms with Crippen LogP contribution in [0.3, 0.4) is 0 Å². The standard InChI is InChI=1S/C22H27ClN2O3/c1-3-25(4-2)22(27)11-7-10-21(26)24-18-12-14-19(15-13-18)28-16-17-8-5-6-9-20(17)23/h5-6,8-9,12-15H,3-4,7,10-11,16H2,1-2H3,(H,24,26). The van der Waals surface area contributed by atoms with Gasteiger partial charge in [-0.1, -0.05) is 29.8 Å². The topological polar surface area (TPSA) is 58.6 Å². The third-order valence-electron chi connectivity index (χ3n) is 4.40. The second kappa shape index (κ2) is 11.3. The Morgan fingerprint density at radius 1 is 1.00 bits per heavy atom. The molecule has 0 fully saturated rings. The van der Waals surface area contributed by atoms with E-state index in [4.69, 9.17) is 16.3 Å². The molecule has 1 N–H and O–H groups in total. The Bertz CT molecular complexity index is 774. The molecule has 0 radical (unpaired) electrons. The van der Waals surface area contributed by atoms with Gasteiger partial charge in [-0.25, -0.2) is 0 Å². The molecule has 0 saturated heterocycles. The molecule has 150 valence electrons. The van der Waals surface area contributed by atoms with Crippen LogP contribution in [-0.2, 0) is 16.2 Å². The maximum Gasteiger partial charge on any atom is 0.224 e. The smallest absolute Gasteiger partial charge is 0.224 e. The summed E-state index contributed by atoms with van der Waals surface area (Å²) < 4.78 is 5.73. The van der Waals surface area contributed by atoms with Crippen LogP contribution >= 0.6 is 11.6 Å². The first-order valence-electron chi connectivity index (χ1n) is 9.57. The highest BCUT2D eigenvalue weighted by Crippen LogP contribution is 2.20. The quantitative estimate of drug-likeness (QED) is 0.615. The van der Waals surface area contributed by atoms with Gasteiger partial charge in [-0.3, -0.25) is 9.59 Å². The lowest BCUT2D eigenvalue weighted by molar-refractivity contribution is -0.130. The van der Waals surface area contributed by atoms with Gasteiger partial charge < -0.3 is 15.0 Å². The summed E-state index contributed by atoms with van der Waals surface area (Å²) in [5.74, 6) is 0.692. The Morgan fingerprint density at radius 3 is 2.32 bits per heavy atom. The highest BCUT2D eigenvalue weighted by molar-refractivity contribution is 6.31. The Labute approximate surface area is 171 Å². The fourth-order valence-electron chi connectivity index (χ4n) is 2.77. The summed E-state index contributed by atoms with van der Waals surface area (Å²) in [5.41, 5.74) is 1.62. The molecule has 28 heavy (non-hydrogen) atoms. The second-order valence-electron chi connectivity index (χ2n) is 6.37. The Balaban J connectivity index is 1.75. The zero-order chi connectivity index (χ0) is 20.4. The molecule has 5 nitrogen and oxygen atoms in total. The van der Waals surface area contributed by atoms with Gasteiger partial charge in [0.15, 0.2) is 0 Å². The predicted octanol–water partition coefficient (Wildman–Crippen LogP) is 4.90. The lowest BCUT2D eigenvalue weighted by Gasteiger charge is -2.18. The van der Waals surface area contributed by atoms with E-state index in [1.54, 1.807) is 29.2 Å². The van der Waals surface area contributed by atoms with Gasteiger partial charge in [0.25, 0.3) is 0 Å². The first kappa shape index (κ1) is 21.8. The van der Waals surface area contributed by atoms with Crippen LogP contribution in [0.25, 0.3) is 0 Å². The molecule has 0 bridgehead atoms. The summed E-state index contributed by atoms with van der Waals surface area (Å²) in [4.78, 5) is 25.8. The van der Waals surface area contributed by atoms with Crippen LogP contribution in [0.15, 0.2) is 48.5 Å². The van der Waals surface area contributed by atoms with Crippen molar-refractivity contribution in [2.75, 3.05) is 18.4 Å². The zero-order valence-corrected chi connectivity index (χ0v) is 17.2. The van der Waals surface area contributed by atoms with Crippen LogP contribution in [0, 0.1) is 0 Å². The SMILES string of the molecule is CCN(CC)C(=O)CCCC(=O)Nc1ccc(OCc2ccccc2Cl)cc1. The van der Waals surface area contributed by atoms with Crippen molar-refractivity contribution < 1.29 is 14.3 Å². The van der Waals surface area contributed by atoms with E-state index in [1.165, 1.54) is 0 Å². The number of nitrogens with zero attached hydrogens (tertiary/aromatic N) is 1. The van der Waals surface area contributed by atoms with E-state index in [0.29, 0.717) is 55.4 Å². The van der Waals surface area contributed by atoms with Crippen molar-refractivity contribution in [3.05, 3.63) is 59.1 Å². The number of hydrogen-bond donors (Lipinski definition) is 1. The summed E-state index contributed by atoms with van der Waals surface area (Å²) in [6.45, 7) is 5.69. The highest BCUT2D eigenvalue weighted by Gasteiger charge is 2.10. The van der Waals surface area contributed by atoms with Crippen LogP contribution in [-0.4, -0.2) is 29.8 Å². The molecule has 0 unspecified atom stereocenters. The lowest BCUT2D eigenvalue weighted by atomic mass is 10.2. The van der Waals surface area contributed by atoms with Gasteiger partial charge in [-0.2, -0.15) is 0 Å². The van der Waals surface area contributed by atoms with Crippen molar-refractivity contribution in [1.82, 2.24) is 4.90 Å². The van der Waals surface area contributed by atoms with Crippen molar-refractivity contribution in [3.8, 4) is 5.75 Å². The average molecular weight is 403 g/mol. The Hall–Kier alpha value is -2.53. The molecule has 2 rings (SSSR count). The van der Waals surface area contributed by atoms with Gasteiger partial charge in [0, 0.05) is 42.2 Å². The van der Waals surface area contributed by atoms with Gasteiger partial charge in [-0.15, -0.1) is 0 Å². The molecular weight excluding hydrogens is 376 g/mol. The molecule has 0 aromatic heterocycles. The van der Waals surface area contributed by atoms with Gasteiger partial charge in [0.2, 0.25) is 11.8 Å². The normalized spacial score (nSPS) is 10.4. The first-order chi connectivity index (χ1) is 13.5. The van der Waals surface area contributed by atoms with E-state index >= 15 is 0 Å². The third kappa shape index (κ3) is 6.89. The molecule has 0 saturated carbocycles. The van der Waals surface area contributed by atoms with Crippen molar-refractivity contribution in [3.63, 3.8) is 0 Å². The molecule has 0 heterocycles. The molecule has 6 heteroatoms. The van der Waals surface area contributed by atoms with Crippen molar-refractivity contribution in [2.24, 2.45) is 0 Å². The van der Waals surface area contributed by atoms with Gasteiger partial charge in [0.05, 0.1) is 0 Å². The summed E-state index contributed by atoms with van der Waals surface area (Å²) in [6.07, 6.45) is 1.25. The van der Waals surface area contributed by atoms with E-state index in [1.807, 2.05) is 38.1 Å². The fourth-order valence-corrected chi connectivity index (χ4v) is 2.96. The molecule has 0 aliphatic rings. The van der Waals surface area contributed by atoms with E-state index in [-0.39, 0.29) is 11.8 Å². The highest BCUT2D eigenvalue weighted by atomic mass is 35.5. The number of carbonyl (C=O) groups excluding carboxylic acids is 2. The predicted molar refractivity (Wildman–Crippen MR) is 113 cm³/mol. The minimum absolute atomic E-state index is 0.0952. The van der Waals surface area contributed by atoms with Gasteiger partial charge >= 0.3 is 0 Å². The number of carbonyl (C=O) groups is 2. The maximum atomic E-state index is 12.1. The van der Waals surface area contributed by atoms with Crippen LogP contribution in [0.2, 0.25) is 5.02 Å². The lowest BCUT2D eigenvalue weighted by Crippen LogP contribution is -2.30. The number of benzene rings is 2. The second-order valence-corrected chi connectivity index (χ2v) is 6.78. The summed E-state index contributed by atoms with van der Waals surface area (Å²) in [5, 5.41) is 3.51. The van der Waals surface area contributed by atoms with Crippen LogP contribution in [0.4, 0.5) is 5.69 Å². The van der Waals surface area contributed by atoms with Crippen LogP contribution in [0.5, 0.6) is 5.75 Å². The fraction of sp³-hybridized carbons (Fsp3) is 0.364. The van der Waals surface area contributed by atoms with E-state index in [2.05, 4.69) is 5.32 Å². The number of rotatable bonds is 10. The van der Waals surface area contributed by atoms with Crippen LogP contribution < -0.4 is 10.1 Å². The van der Waals surface area contributed by atoms with E-state index < -0.39 is 0 Å². The molecule has 0 atom stereocenters. The molecule has 0 spiro atoms. The molecule has 0 aliphatic carbocycles. The van der Waals surface area contributed by atoms with Crippen molar-refractivity contribution >= 4 is 29.1 Å². The van der Waals surface area contributed by atoms with Crippen molar-refractivity contribution in [2.45, 2.75) is 39.7 Å². The molecule has 0 aliphatic heterocycles. The molecular formula is C22H27ClN2O3. The average Bonchev–Trinajstić information content (AvgIpc) is 2.69. The number of nitrogens with one attached hydrogen (secondary N) is 1. The van der Waals surface area contributed by atoms with E-state index in [0.717, 1.165) is 5.56 Å². The summed E-state index contributed by atoms with van der Waals surface area (Å²) in [7, 11) is 0. The number of halogens is 1. The van der Waals surface area contributed by atoms with Crippen LogP contribution in [0.1, 0.15) is 38.7 Å². The minimum atomic E-state index is -0.0999. The third-order valence-corrected chi connectivity index (χ3v) is 4.77. The van der Waals surface area contributed by atoms with Crippen molar-refractivity contribution in [1.29, 1.82) is 0 Å². The Kier molecular flexibility index (Phi) is 8.82. The monoisotopic (exact) mass is 402 g/mol. The minimum Gasteiger partial charge on any atom is -0.489 e. The zero-order valence-electron chi connectivity index (χ0n) is 16.4. The Morgan fingerprint density at radius 2 is 1.68 bits per heavy atom.